The Morgan fingerprint density at radius 3 is 2.75 bits per heavy atom. The van der Waals surface area contributed by atoms with Crippen molar-refractivity contribution in [2.75, 3.05) is 13.6 Å². The number of nitrogens with one attached hydrogen (secondary N) is 1. The van der Waals surface area contributed by atoms with Crippen LogP contribution in [0.5, 0.6) is 0 Å². The van der Waals surface area contributed by atoms with Crippen LogP contribution in [-0.2, 0) is 0 Å². The van der Waals surface area contributed by atoms with Gasteiger partial charge >= 0.3 is 0 Å². The Morgan fingerprint density at radius 1 is 1.45 bits per heavy atom. The van der Waals surface area contributed by atoms with E-state index in [0.717, 1.165) is 6.54 Å². The molecule has 0 aliphatic heterocycles. The minimum Gasteiger partial charge on any atom is -0.366 e. The summed E-state index contributed by atoms with van der Waals surface area (Å²) in [5.41, 5.74) is 1.05. The molecule has 2 unspecified atom stereocenters. The van der Waals surface area contributed by atoms with E-state index in [-0.39, 0.29) is 0 Å². The molecule has 2 atom stereocenters. The van der Waals surface area contributed by atoms with Crippen molar-refractivity contribution in [3.05, 3.63) is 11.8 Å². The lowest BCUT2D eigenvalue weighted by Gasteiger charge is -2.32. The van der Waals surface area contributed by atoms with Crippen LogP contribution in [0.15, 0.2) is 11.8 Å². The molecular formula is C16H28BN3. The molecule has 110 valence electrons. The summed E-state index contributed by atoms with van der Waals surface area (Å²) in [5.74, 6) is 0.669. The molecule has 0 saturated heterocycles. The topological polar surface area (TPSA) is 50.9 Å². The molecule has 0 heterocycles. The van der Waals surface area contributed by atoms with Crippen LogP contribution in [0.1, 0.15) is 52.4 Å². The molecule has 1 saturated carbocycles. The minimum atomic E-state index is 0.437. The van der Waals surface area contributed by atoms with Crippen LogP contribution in [0.3, 0.4) is 0 Å². The number of rotatable bonds is 4. The van der Waals surface area contributed by atoms with Crippen molar-refractivity contribution in [1.29, 1.82) is 10.7 Å². The van der Waals surface area contributed by atoms with Gasteiger partial charge in [-0.3, -0.25) is 0 Å². The van der Waals surface area contributed by atoms with Gasteiger partial charge in [-0.25, -0.2) is 0 Å². The first-order chi connectivity index (χ1) is 9.34. The maximum atomic E-state index is 9.20. The zero-order valence-corrected chi connectivity index (χ0v) is 13.5. The zero-order valence-electron chi connectivity index (χ0n) is 13.5. The highest BCUT2D eigenvalue weighted by Gasteiger charge is 2.23. The van der Waals surface area contributed by atoms with Crippen LogP contribution in [0.25, 0.3) is 0 Å². The first kappa shape index (κ1) is 16.8. The molecule has 0 bridgehead atoms. The second-order valence-corrected chi connectivity index (χ2v) is 7.02. The van der Waals surface area contributed by atoms with Crippen LogP contribution < -0.4 is 0 Å². The molecule has 1 aliphatic rings. The van der Waals surface area contributed by atoms with Gasteiger partial charge in [0.15, 0.2) is 0 Å². The first-order valence-electron chi connectivity index (χ1n) is 7.72. The third kappa shape index (κ3) is 5.82. The van der Waals surface area contributed by atoms with Crippen molar-refractivity contribution >= 4 is 13.6 Å². The van der Waals surface area contributed by atoms with Gasteiger partial charge in [0.05, 0.1) is 0 Å². The molecule has 0 amide bonds. The summed E-state index contributed by atoms with van der Waals surface area (Å²) in [5, 5.41) is 17.2. The normalized spacial score (nSPS) is 28.1. The van der Waals surface area contributed by atoms with Crippen molar-refractivity contribution in [2.45, 2.75) is 57.7 Å². The summed E-state index contributed by atoms with van der Waals surface area (Å²) in [6.45, 7) is 5.02. The zero-order chi connectivity index (χ0) is 15.2. The molecule has 0 spiro atoms. The van der Waals surface area contributed by atoms with Crippen LogP contribution in [0.4, 0.5) is 0 Å². The molecule has 1 N–H and O–H groups in total. The molecule has 0 aromatic rings. The molecule has 1 fully saturated rings. The van der Waals surface area contributed by atoms with Gasteiger partial charge in [-0.1, -0.05) is 37.9 Å². The summed E-state index contributed by atoms with van der Waals surface area (Å²) >= 11 is 0. The van der Waals surface area contributed by atoms with Crippen molar-refractivity contribution < 1.29 is 0 Å². The molecule has 3 nitrogen and oxygen atoms in total. The predicted octanol–water partition coefficient (Wildman–Crippen LogP) is 3.15. The number of nitriles is 1. The van der Waals surface area contributed by atoms with E-state index in [9.17, 15) is 5.26 Å². The number of allylic oxidation sites excluding steroid dienone is 2. The van der Waals surface area contributed by atoms with Crippen molar-refractivity contribution in [2.24, 2.45) is 5.92 Å². The highest BCUT2D eigenvalue weighted by Crippen LogP contribution is 2.38. The van der Waals surface area contributed by atoms with Gasteiger partial charge in [0.1, 0.15) is 19.6 Å². The lowest BCUT2D eigenvalue weighted by molar-refractivity contribution is 0.271. The highest BCUT2D eigenvalue weighted by molar-refractivity contribution is 6.14. The van der Waals surface area contributed by atoms with E-state index in [4.69, 9.17) is 5.41 Å². The fourth-order valence-electron chi connectivity index (χ4n) is 3.00. The van der Waals surface area contributed by atoms with Crippen molar-refractivity contribution in [1.82, 2.24) is 4.90 Å². The van der Waals surface area contributed by atoms with Gasteiger partial charge in [-0.15, -0.1) is 0 Å². The van der Waals surface area contributed by atoms with E-state index in [0.29, 0.717) is 22.6 Å². The lowest BCUT2D eigenvalue weighted by Crippen LogP contribution is -2.27. The summed E-state index contributed by atoms with van der Waals surface area (Å²) in [6.07, 6.45) is 9.42. The number of hydrogen-bond acceptors (Lipinski definition) is 3. The van der Waals surface area contributed by atoms with Crippen LogP contribution >= 0.6 is 0 Å². The van der Waals surface area contributed by atoms with E-state index in [1.807, 2.05) is 11.9 Å². The van der Waals surface area contributed by atoms with Gasteiger partial charge < -0.3 is 10.3 Å². The highest BCUT2D eigenvalue weighted by atomic mass is 15.1. The standard InChI is InChI=1S/C16H28BN3/c1-13(19)10-15(11-18)20(3)12-14-6-4-5-8-16(2,17)9-7-14/h10,14,19H,4-9,12,17H2,1-3H3/b15-10-,19-13?. The van der Waals surface area contributed by atoms with E-state index < -0.39 is 0 Å². The molecule has 1 aliphatic carbocycles. The summed E-state index contributed by atoms with van der Waals surface area (Å²) in [4.78, 5) is 2.03. The van der Waals surface area contributed by atoms with E-state index >= 15 is 0 Å². The Hall–Kier alpha value is -1.24. The van der Waals surface area contributed by atoms with Crippen molar-refractivity contribution in [3.8, 4) is 6.07 Å². The smallest absolute Gasteiger partial charge is 0.117 e. The average molecular weight is 273 g/mol. The van der Waals surface area contributed by atoms with E-state index in [1.54, 1.807) is 13.0 Å². The second-order valence-electron chi connectivity index (χ2n) is 7.02. The van der Waals surface area contributed by atoms with E-state index in [2.05, 4.69) is 20.8 Å². The van der Waals surface area contributed by atoms with Gasteiger partial charge in [0.2, 0.25) is 0 Å². The summed E-state index contributed by atoms with van der Waals surface area (Å²) in [7, 11) is 4.35. The minimum absolute atomic E-state index is 0.437. The Labute approximate surface area is 125 Å². The summed E-state index contributed by atoms with van der Waals surface area (Å²) < 4.78 is 0. The fourth-order valence-corrected chi connectivity index (χ4v) is 3.00. The molecule has 4 heteroatoms. The second kappa shape index (κ2) is 7.52. The summed E-state index contributed by atoms with van der Waals surface area (Å²) in [6, 6.07) is 2.21. The molecule has 0 aromatic heterocycles. The number of nitrogens with zero attached hydrogens (tertiary/aromatic N) is 2. The average Bonchev–Trinajstić information content (AvgIpc) is 2.35. The van der Waals surface area contributed by atoms with Crippen LogP contribution in [0.2, 0.25) is 5.31 Å². The molecular weight excluding hydrogens is 245 g/mol. The number of hydrogen-bond donors (Lipinski definition) is 1. The van der Waals surface area contributed by atoms with Gasteiger partial charge in [-0.05, 0) is 31.8 Å². The lowest BCUT2D eigenvalue weighted by atomic mass is 9.62. The molecule has 0 aromatic carbocycles. The Bertz CT molecular complexity index is 406. The largest absolute Gasteiger partial charge is 0.366 e. The molecule has 1 rings (SSSR count). The van der Waals surface area contributed by atoms with Crippen LogP contribution in [-0.4, -0.2) is 32.1 Å². The van der Waals surface area contributed by atoms with Gasteiger partial charge in [-0.2, -0.15) is 5.26 Å². The maximum Gasteiger partial charge on any atom is 0.117 e. The third-order valence-electron chi connectivity index (χ3n) is 4.36. The predicted molar refractivity (Wildman–Crippen MR) is 87.8 cm³/mol. The SMILES string of the molecule is BC1(C)CCCCC(CN(C)/C(C#N)=C\C(C)=N)CC1. The van der Waals surface area contributed by atoms with E-state index in [1.165, 1.54) is 38.5 Å². The molecule has 0 radical (unpaired) electrons. The van der Waals surface area contributed by atoms with Crippen molar-refractivity contribution in [3.63, 3.8) is 0 Å². The monoisotopic (exact) mass is 273 g/mol. The third-order valence-corrected chi connectivity index (χ3v) is 4.36. The fraction of sp³-hybridized carbons (Fsp3) is 0.750. The first-order valence-corrected chi connectivity index (χ1v) is 7.72. The maximum absolute atomic E-state index is 9.20. The Kier molecular flexibility index (Phi) is 6.32. The van der Waals surface area contributed by atoms with Crippen LogP contribution in [0, 0.1) is 22.7 Å². The van der Waals surface area contributed by atoms with Gasteiger partial charge in [0.25, 0.3) is 0 Å². The quantitative estimate of drug-likeness (QED) is 0.486. The molecule has 20 heavy (non-hydrogen) atoms. The Balaban J connectivity index is 2.62. The Morgan fingerprint density at radius 2 is 2.15 bits per heavy atom. The van der Waals surface area contributed by atoms with Gasteiger partial charge in [0, 0.05) is 19.3 Å².